The number of hydrogen-bond donors (Lipinski definition) is 2. The van der Waals surface area contributed by atoms with Crippen LogP contribution < -0.4 is 10.6 Å². The van der Waals surface area contributed by atoms with Gasteiger partial charge < -0.3 is 10.6 Å². The summed E-state index contributed by atoms with van der Waals surface area (Å²) in [6, 6.07) is 0.330. The average Bonchev–Trinajstić information content (AvgIpc) is 2.45. The van der Waals surface area contributed by atoms with Crippen molar-refractivity contribution in [3.63, 3.8) is 0 Å². The summed E-state index contributed by atoms with van der Waals surface area (Å²) in [5.41, 5.74) is 0. The Bertz CT molecular complexity index is 325. The third kappa shape index (κ3) is 13.3. The summed E-state index contributed by atoms with van der Waals surface area (Å²) in [6.45, 7) is 15.7. The number of carbonyl (C=O) groups excluding carboxylic acids is 2. The molecule has 0 fully saturated rings. The fourth-order valence-electron chi connectivity index (χ4n) is 2.30. The monoisotopic (exact) mass is 341 g/mol. The summed E-state index contributed by atoms with van der Waals surface area (Å²) in [7, 11) is 0. The Morgan fingerprint density at radius 3 is 1.42 bits per heavy atom. The summed E-state index contributed by atoms with van der Waals surface area (Å²) in [6.07, 6.45) is 3.00. The Morgan fingerprint density at radius 1 is 0.750 bits per heavy atom. The van der Waals surface area contributed by atoms with E-state index in [0.29, 0.717) is 43.8 Å². The zero-order valence-electron chi connectivity index (χ0n) is 16.7. The van der Waals surface area contributed by atoms with Crippen LogP contribution in [0.2, 0.25) is 0 Å². The Kier molecular flexibility index (Phi) is 12.6. The van der Waals surface area contributed by atoms with Gasteiger partial charge in [0, 0.05) is 45.1 Å². The molecule has 0 saturated heterocycles. The maximum absolute atomic E-state index is 11.9. The molecule has 0 aliphatic rings. The molecule has 5 heteroatoms. The van der Waals surface area contributed by atoms with E-state index < -0.39 is 0 Å². The third-order valence-electron chi connectivity index (χ3n) is 4.07. The zero-order valence-corrected chi connectivity index (χ0v) is 16.7. The van der Waals surface area contributed by atoms with E-state index >= 15 is 0 Å². The van der Waals surface area contributed by atoms with Gasteiger partial charge in [-0.05, 0) is 38.5 Å². The second-order valence-corrected chi connectivity index (χ2v) is 7.69. The molecule has 0 spiro atoms. The molecule has 142 valence electrons. The van der Waals surface area contributed by atoms with Crippen LogP contribution >= 0.6 is 0 Å². The first kappa shape index (κ1) is 22.9. The lowest BCUT2D eigenvalue weighted by molar-refractivity contribution is -0.121. The van der Waals surface area contributed by atoms with E-state index in [2.05, 4.69) is 57.1 Å². The lowest BCUT2D eigenvalue weighted by Crippen LogP contribution is -2.38. The normalized spacial score (nSPS) is 11.6. The number of carbonyl (C=O) groups is 2. The van der Waals surface area contributed by atoms with Gasteiger partial charge in [-0.1, -0.05) is 27.7 Å². The van der Waals surface area contributed by atoms with Crippen LogP contribution in [0, 0.1) is 11.8 Å². The maximum Gasteiger partial charge on any atom is 0.221 e. The molecule has 0 rings (SSSR count). The molecule has 0 heterocycles. The van der Waals surface area contributed by atoms with Crippen molar-refractivity contribution in [2.75, 3.05) is 26.2 Å². The maximum atomic E-state index is 11.9. The first-order chi connectivity index (χ1) is 11.2. The highest BCUT2D eigenvalue weighted by Gasteiger charge is 2.13. The fourth-order valence-corrected chi connectivity index (χ4v) is 2.30. The number of nitrogens with one attached hydrogen (secondary N) is 2. The van der Waals surface area contributed by atoms with Crippen LogP contribution in [-0.4, -0.2) is 48.9 Å². The van der Waals surface area contributed by atoms with Gasteiger partial charge in [0.1, 0.15) is 0 Å². The molecule has 0 aliphatic carbocycles. The van der Waals surface area contributed by atoms with Crippen LogP contribution in [0.4, 0.5) is 0 Å². The van der Waals surface area contributed by atoms with Crippen molar-refractivity contribution in [3.8, 4) is 0 Å². The SMILES string of the molecule is CC(C)CCNC(=O)CCN(CCC(=O)NCCC(C)C)C(C)C. The van der Waals surface area contributed by atoms with Gasteiger partial charge in [-0.3, -0.25) is 14.5 Å². The molecule has 5 nitrogen and oxygen atoms in total. The molecule has 0 aromatic carbocycles. The first-order valence-electron chi connectivity index (χ1n) is 9.49. The van der Waals surface area contributed by atoms with Crippen molar-refractivity contribution in [3.05, 3.63) is 0 Å². The van der Waals surface area contributed by atoms with Crippen molar-refractivity contribution in [2.45, 2.75) is 73.3 Å². The molecule has 0 aliphatic heterocycles. The van der Waals surface area contributed by atoms with Crippen molar-refractivity contribution in [1.82, 2.24) is 15.5 Å². The number of hydrogen-bond acceptors (Lipinski definition) is 3. The van der Waals surface area contributed by atoms with Crippen molar-refractivity contribution >= 4 is 11.8 Å². The third-order valence-corrected chi connectivity index (χ3v) is 4.07. The van der Waals surface area contributed by atoms with Crippen LogP contribution in [0.5, 0.6) is 0 Å². The van der Waals surface area contributed by atoms with Gasteiger partial charge in [0.2, 0.25) is 11.8 Å². The molecular weight excluding hydrogens is 302 g/mol. The van der Waals surface area contributed by atoms with Gasteiger partial charge in [0.25, 0.3) is 0 Å². The largest absolute Gasteiger partial charge is 0.356 e. The Morgan fingerprint density at radius 2 is 1.12 bits per heavy atom. The molecule has 0 bridgehead atoms. The van der Waals surface area contributed by atoms with E-state index in [1.807, 2.05) is 0 Å². The van der Waals surface area contributed by atoms with Gasteiger partial charge in [0.15, 0.2) is 0 Å². The van der Waals surface area contributed by atoms with E-state index in [4.69, 9.17) is 0 Å². The fraction of sp³-hybridized carbons (Fsp3) is 0.895. The Balaban J connectivity index is 4.00. The van der Waals surface area contributed by atoms with E-state index in [-0.39, 0.29) is 11.8 Å². The molecular formula is C19H39N3O2. The molecule has 24 heavy (non-hydrogen) atoms. The highest BCUT2D eigenvalue weighted by Crippen LogP contribution is 2.03. The highest BCUT2D eigenvalue weighted by molar-refractivity contribution is 5.76. The van der Waals surface area contributed by atoms with E-state index in [1.165, 1.54) is 0 Å². The highest BCUT2D eigenvalue weighted by atomic mass is 16.2. The second-order valence-electron chi connectivity index (χ2n) is 7.69. The van der Waals surface area contributed by atoms with E-state index in [1.54, 1.807) is 0 Å². The topological polar surface area (TPSA) is 61.4 Å². The molecule has 0 atom stereocenters. The number of rotatable bonds is 13. The minimum absolute atomic E-state index is 0.0997. The molecule has 2 amide bonds. The summed E-state index contributed by atoms with van der Waals surface area (Å²) in [5.74, 6) is 1.41. The average molecular weight is 342 g/mol. The molecule has 0 saturated carbocycles. The van der Waals surface area contributed by atoms with E-state index in [9.17, 15) is 9.59 Å². The van der Waals surface area contributed by atoms with Gasteiger partial charge in [0.05, 0.1) is 0 Å². The van der Waals surface area contributed by atoms with Gasteiger partial charge in [-0.15, -0.1) is 0 Å². The van der Waals surface area contributed by atoms with Crippen molar-refractivity contribution in [1.29, 1.82) is 0 Å². The standard InChI is InChI=1S/C19H39N3O2/c1-15(2)7-11-20-18(23)9-13-22(17(5)6)14-10-19(24)21-12-8-16(3)4/h15-17H,7-14H2,1-6H3,(H,20,23)(H,21,24). The van der Waals surface area contributed by atoms with Crippen LogP contribution in [0.1, 0.15) is 67.2 Å². The molecule has 0 aromatic rings. The first-order valence-corrected chi connectivity index (χ1v) is 9.49. The predicted octanol–water partition coefficient (Wildman–Crippen LogP) is 2.80. The zero-order chi connectivity index (χ0) is 18.5. The van der Waals surface area contributed by atoms with E-state index in [0.717, 1.165) is 25.9 Å². The van der Waals surface area contributed by atoms with Crippen LogP contribution in [0.15, 0.2) is 0 Å². The van der Waals surface area contributed by atoms with Gasteiger partial charge in [-0.2, -0.15) is 0 Å². The molecule has 0 unspecified atom stereocenters. The quantitative estimate of drug-likeness (QED) is 0.541. The van der Waals surface area contributed by atoms with Gasteiger partial charge in [-0.25, -0.2) is 0 Å². The van der Waals surface area contributed by atoms with Crippen molar-refractivity contribution < 1.29 is 9.59 Å². The van der Waals surface area contributed by atoms with Crippen LogP contribution in [0.25, 0.3) is 0 Å². The Hall–Kier alpha value is -1.10. The smallest absolute Gasteiger partial charge is 0.221 e. The summed E-state index contributed by atoms with van der Waals surface area (Å²) in [4.78, 5) is 26.0. The molecule has 2 N–H and O–H groups in total. The lowest BCUT2D eigenvalue weighted by Gasteiger charge is -2.26. The summed E-state index contributed by atoms with van der Waals surface area (Å²) >= 11 is 0. The minimum Gasteiger partial charge on any atom is -0.356 e. The predicted molar refractivity (Wildman–Crippen MR) is 101 cm³/mol. The molecule has 0 radical (unpaired) electrons. The summed E-state index contributed by atoms with van der Waals surface area (Å²) < 4.78 is 0. The lowest BCUT2D eigenvalue weighted by atomic mass is 10.1. The minimum atomic E-state index is 0.0997. The Labute approximate surface area is 148 Å². The van der Waals surface area contributed by atoms with Gasteiger partial charge >= 0.3 is 0 Å². The van der Waals surface area contributed by atoms with Crippen molar-refractivity contribution in [2.24, 2.45) is 11.8 Å². The number of nitrogens with zero attached hydrogens (tertiary/aromatic N) is 1. The van der Waals surface area contributed by atoms with Crippen LogP contribution in [0.3, 0.4) is 0 Å². The second kappa shape index (κ2) is 13.2. The summed E-state index contributed by atoms with van der Waals surface area (Å²) in [5, 5.41) is 5.93. The molecule has 0 aromatic heterocycles. The number of amides is 2. The van der Waals surface area contributed by atoms with Crippen LogP contribution in [-0.2, 0) is 9.59 Å².